The van der Waals surface area contributed by atoms with Crippen LogP contribution in [0.3, 0.4) is 0 Å². The van der Waals surface area contributed by atoms with Crippen LogP contribution in [0.5, 0.6) is 0 Å². The van der Waals surface area contributed by atoms with E-state index in [0.29, 0.717) is 24.8 Å². The first kappa shape index (κ1) is 34.0. The molecular formula is C29H53N5O5S. The Kier molecular flexibility index (Phi) is 12.0. The van der Waals surface area contributed by atoms with Crippen LogP contribution in [0.25, 0.3) is 0 Å². The summed E-state index contributed by atoms with van der Waals surface area (Å²) in [6, 6.07) is 0.125. The normalized spacial score (nSPS) is 22.4. The van der Waals surface area contributed by atoms with Gasteiger partial charge in [0, 0.05) is 43.6 Å². The topological polar surface area (TPSA) is 120 Å². The van der Waals surface area contributed by atoms with Gasteiger partial charge in [0.05, 0.1) is 23.5 Å². The molecule has 2 rings (SSSR count). The molecule has 0 aromatic carbocycles. The Labute approximate surface area is 245 Å². The van der Waals surface area contributed by atoms with Gasteiger partial charge in [0.15, 0.2) is 0 Å². The number of carbonyl (C=O) groups is 4. The number of esters is 1. The van der Waals surface area contributed by atoms with Gasteiger partial charge >= 0.3 is 18.0 Å². The second kappa shape index (κ2) is 14.1. The zero-order valence-electron chi connectivity index (χ0n) is 26.1. The predicted octanol–water partition coefficient (Wildman–Crippen LogP) is 3.99. The molecule has 40 heavy (non-hydrogen) atoms. The average Bonchev–Trinajstić information content (AvgIpc) is 3.33. The van der Waals surface area contributed by atoms with Gasteiger partial charge in [0.1, 0.15) is 6.61 Å². The van der Waals surface area contributed by atoms with Crippen LogP contribution in [-0.2, 0) is 14.3 Å². The van der Waals surface area contributed by atoms with Gasteiger partial charge in [-0.25, -0.2) is 9.59 Å². The van der Waals surface area contributed by atoms with Crippen molar-refractivity contribution in [2.45, 2.75) is 110 Å². The number of hydrogen-bond donors (Lipinski definition) is 3. The number of nitrogens with one attached hydrogen (secondary N) is 3. The molecule has 0 spiro atoms. The summed E-state index contributed by atoms with van der Waals surface area (Å²) in [6.45, 7) is 17.4. The van der Waals surface area contributed by atoms with E-state index in [4.69, 9.17) is 4.74 Å². The highest BCUT2D eigenvalue weighted by Crippen LogP contribution is 2.41. The number of nitrogens with zero attached hydrogens (tertiary/aromatic N) is 2. The molecule has 2 aliphatic rings. The summed E-state index contributed by atoms with van der Waals surface area (Å²) >= 11 is 1.87. The first-order chi connectivity index (χ1) is 18.6. The number of carbonyl (C=O) groups excluding carboxylic acids is 4. The molecule has 2 aliphatic heterocycles. The van der Waals surface area contributed by atoms with Gasteiger partial charge in [-0.05, 0) is 45.4 Å². The summed E-state index contributed by atoms with van der Waals surface area (Å²) in [5.41, 5.74) is -1.48. The van der Waals surface area contributed by atoms with Crippen molar-refractivity contribution in [1.82, 2.24) is 25.8 Å². The van der Waals surface area contributed by atoms with Crippen molar-refractivity contribution >= 4 is 35.7 Å². The molecule has 5 amide bonds. The highest BCUT2D eigenvalue weighted by atomic mass is 32.2. The van der Waals surface area contributed by atoms with E-state index in [1.54, 1.807) is 11.9 Å². The fourth-order valence-corrected chi connectivity index (χ4v) is 6.88. The highest BCUT2D eigenvalue weighted by molar-refractivity contribution is 8.00. The van der Waals surface area contributed by atoms with Crippen LogP contribution in [-0.4, -0.2) is 95.7 Å². The number of thioether (sulfide) groups is 1. The molecule has 0 aromatic heterocycles. The molecule has 3 N–H and O–H groups in total. The number of rotatable bonds is 15. The lowest BCUT2D eigenvalue weighted by Gasteiger charge is -2.44. The molecule has 0 radical (unpaired) electrons. The lowest BCUT2D eigenvalue weighted by atomic mass is 9.67. The fraction of sp³-hybridized carbons (Fsp3) is 0.862. The van der Waals surface area contributed by atoms with Crippen LogP contribution in [0.4, 0.5) is 9.59 Å². The molecule has 2 fully saturated rings. The standard InChI is InChI=1S/C29H53N5O5S/c1-10-16-34(26(38)33(9)20(2)3)19-27(4,5)28(6,7)24(36)30-15-17-39-23(35)14-12-11-13-22-29(8)21(18-40-22)31-25(37)32-29/h20-22H,10-19H2,1-9H3,(H,30,36)(H2,31,32,37)/t21-,22-,29-/m0/s1. The maximum absolute atomic E-state index is 13.2. The molecule has 0 aliphatic carbocycles. The number of fused-ring (bicyclic) bond motifs is 1. The molecular weight excluding hydrogens is 530 g/mol. The van der Waals surface area contributed by atoms with Gasteiger partial charge < -0.3 is 30.5 Å². The second-order valence-corrected chi connectivity index (χ2v) is 14.1. The molecule has 3 atom stereocenters. The Hall–Kier alpha value is -2.17. The van der Waals surface area contributed by atoms with E-state index in [1.807, 2.05) is 65.1 Å². The van der Waals surface area contributed by atoms with Crippen LogP contribution < -0.4 is 16.0 Å². The van der Waals surface area contributed by atoms with Gasteiger partial charge in [-0.15, -0.1) is 0 Å². The molecule has 0 bridgehead atoms. The summed E-state index contributed by atoms with van der Waals surface area (Å²) in [4.78, 5) is 53.7. The molecule has 0 unspecified atom stereocenters. The van der Waals surface area contributed by atoms with Crippen LogP contribution in [0.2, 0.25) is 0 Å². The summed E-state index contributed by atoms with van der Waals surface area (Å²) in [6.07, 6.45) is 3.71. The first-order valence-corrected chi connectivity index (χ1v) is 15.8. The lowest BCUT2D eigenvalue weighted by Crippen LogP contribution is -2.54. The van der Waals surface area contributed by atoms with Gasteiger partial charge in [-0.3, -0.25) is 9.59 Å². The smallest absolute Gasteiger partial charge is 0.319 e. The van der Waals surface area contributed by atoms with E-state index in [-0.39, 0.29) is 54.7 Å². The number of hydrogen-bond acceptors (Lipinski definition) is 6. The Morgan fingerprint density at radius 2 is 1.88 bits per heavy atom. The maximum Gasteiger partial charge on any atom is 0.319 e. The summed E-state index contributed by atoms with van der Waals surface area (Å²) < 4.78 is 5.36. The highest BCUT2D eigenvalue weighted by Gasteiger charge is 2.52. The van der Waals surface area contributed by atoms with Crippen LogP contribution in [0, 0.1) is 10.8 Å². The SMILES string of the molecule is CCCN(CC(C)(C)C(C)(C)C(=O)NCCOC(=O)CCCC[C@@H]1SC[C@@H]2NC(=O)N[C@@]21C)C(=O)N(C)C(C)C. The van der Waals surface area contributed by atoms with Crippen molar-refractivity contribution < 1.29 is 23.9 Å². The number of urea groups is 2. The first-order valence-electron chi connectivity index (χ1n) is 14.7. The minimum absolute atomic E-state index is 0.0317. The van der Waals surface area contributed by atoms with Gasteiger partial charge in [-0.1, -0.05) is 41.0 Å². The van der Waals surface area contributed by atoms with Crippen molar-refractivity contribution in [2.24, 2.45) is 10.8 Å². The van der Waals surface area contributed by atoms with E-state index in [9.17, 15) is 19.2 Å². The number of ether oxygens (including phenoxy) is 1. The van der Waals surface area contributed by atoms with Crippen molar-refractivity contribution in [1.29, 1.82) is 0 Å². The molecule has 11 heteroatoms. The Bertz CT molecular complexity index is 911. The van der Waals surface area contributed by atoms with Crippen molar-refractivity contribution in [3.05, 3.63) is 0 Å². The average molecular weight is 584 g/mol. The Balaban J connectivity index is 1.72. The minimum atomic E-state index is -0.762. The molecule has 0 saturated carbocycles. The third kappa shape index (κ3) is 8.19. The summed E-state index contributed by atoms with van der Waals surface area (Å²) in [7, 11) is 1.81. The summed E-state index contributed by atoms with van der Waals surface area (Å²) in [5, 5.41) is 9.30. The predicted molar refractivity (Wildman–Crippen MR) is 160 cm³/mol. The number of amides is 5. The lowest BCUT2D eigenvalue weighted by molar-refractivity contribution is -0.145. The number of unbranched alkanes of at least 4 members (excludes halogenated alkanes) is 1. The monoisotopic (exact) mass is 583 g/mol. The van der Waals surface area contributed by atoms with Crippen LogP contribution >= 0.6 is 11.8 Å². The third-order valence-electron chi connectivity index (χ3n) is 8.98. The van der Waals surface area contributed by atoms with E-state index in [0.717, 1.165) is 31.4 Å². The molecule has 0 aromatic rings. The zero-order chi connectivity index (χ0) is 30.3. The second-order valence-electron chi connectivity index (χ2n) is 12.9. The molecule has 230 valence electrons. The van der Waals surface area contributed by atoms with Crippen LogP contribution in [0.15, 0.2) is 0 Å². The Morgan fingerprint density at radius 1 is 1.20 bits per heavy atom. The van der Waals surface area contributed by atoms with Crippen molar-refractivity contribution in [2.75, 3.05) is 39.0 Å². The third-order valence-corrected chi connectivity index (χ3v) is 10.6. The largest absolute Gasteiger partial charge is 0.464 e. The molecule has 2 saturated heterocycles. The fourth-order valence-electron chi connectivity index (χ4n) is 5.12. The van der Waals surface area contributed by atoms with Gasteiger partial charge in [-0.2, -0.15) is 11.8 Å². The van der Waals surface area contributed by atoms with E-state index < -0.39 is 10.8 Å². The van der Waals surface area contributed by atoms with E-state index >= 15 is 0 Å². The van der Waals surface area contributed by atoms with Gasteiger partial charge in [0.25, 0.3) is 0 Å². The Morgan fingerprint density at radius 3 is 2.50 bits per heavy atom. The van der Waals surface area contributed by atoms with Gasteiger partial charge in [0.2, 0.25) is 5.91 Å². The van der Waals surface area contributed by atoms with Crippen LogP contribution in [0.1, 0.15) is 87.5 Å². The minimum Gasteiger partial charge on any atom is -0.464 e. The molecule has 10 nitrogen and oxygen atoms in total. The summed E-state index contributed by atoms with van der Waals surface area (Å²) in [5.74, 6) is 0.506. The maximum atomic E-state index is 13.2. The quantitative estimate of drug-likeness (QED) is 0.152. The van der Waals surface area contributed by atoms with E-state index in [2.05, 4.69) is 22.9 Å². The van der Waals surface area contributed by atoms with Crippen molar-refractivity contribution in [3.63, 3.8) is 0 Å². The van der Waals surface area contributed by atoms with Crippen molar-refractivity contribution in [3.8, 4) is 0 Å². The van der Waals surface area contributed by atoms with E-state index in [1.165, 1.54) is 0 Å². The zero-order valence-corrected chi connectivity index (χ0v) is 27.0. The molecule has 2 heterocycles.